The van der Waals surface area contributed by atoms with E-state index in [0.717, 1.165) is 22.9 Å². The van der Waals surface area contributed by atoms with Crippen molar-refractivity contribution in [1.82, 2.24) is 15.2 Å². The van der Waals surface area contributed by atoms with Crippen LogP contribution in [0.25, 0.3) is 11.4 Å². The van der Waals surface area contributed by atoms with Crippen molar-refractivity contribution in [3.63, 3.8) is 0 Å². The quantitative estimate of drug-likeness (QED) is 0.640. The van der Waals surface area contributed by atoms with E-state index in [4.69, 9.17) is 5.11 Å². The van der Waals surface area contributed by atoms with Crippen LogP contribution in [0.4, 0.5) is 0 Å². The van der Waals surface area contributed by atoms with Gasteiger partial charge in [0.15, 0.2) is 5.82 Å². The van der Waals surface area contributed by atoms with Gasteiger partial charge in [0.1, 0.15) is 0 Å². The van der Waals surface area contributed by atoms with Crippen LogP contribution < -0.4 is 0 Å². The summed E-state index contributed by atoms with van der Waals surface area (Å²) >= 11 is 1.08. The molecule has 0 unspecified atom stereocenters. The number of carbonyl (C=O) groups is 1. The molecule has 0 aliphatic carbocycles. The van der Waals surface area contributed by atoms with Gasteiger partial charge in [0.25, 0.3) is 0 Å². The highest BCUT2D eigenvalue weighted by Crippen LogP contribution is 2.19. The van der Waals surface area contributed by atoms with Gasteiger partial charge in [0, 0.05) is 18.8 Å². The summed E-state index contributed by atoms with van der Waals surface area (Å²) in [5.41, 5.74) is 1.85. The van der Waals surface area contributed by atoms with Crippen LogP contribution in [-0.4, -0.2) is 45.3 Å². The standard InChI is InChI=1S/C12H12N4O2S/c1-13-6-8-3-2-4-9(5-8)11-14-12(16-15-11)19-7-10(17)18/h2-6H,7H2,1H3,(H,17,18)(H,14,15,16). The molecule has 0 saturated carbocycles. The first-order chi connectivity index (χ1) is 9.19. The first-order valence-electron chi connectivity index (χ1n) is 5.48. The molecule has 0 radical (unpaired) electrons. The molecule has 0 aliphatic rings. The molecular weight excluding hydrogens is 264 g/mol. The normalized spacial score (nSPS) is 11.0. The zero-order valence-electron chi connectivity index (χ0n) is 10.2. The van der Waals surface area contributed by atoms with Crippen molar-refractivity contribution < 1.29 is 9.90 Å². The van der Waals surface area contributed by atoms with Crippen LogP contribution in [-0.2, 0) is 4.79 Å². The highest BCUT2D eigenvalue weighted by Gasteiger charge is 2.08. The number of aliphatic imine (C=N–C) groups is 1. The minimum atomic E-state index is -0.891. The van der Waals surface area contributed by atoms with Crippen molar-refractivity contribution >= 4 is 23.9 Å². The first kappa shape index (κ1) is 13.3. The average molecular weight is 276 g/mol. The fourth-order valence-electron chi connectivity index (χ4n) is 1.48. The van der Waals surface area contributed by atoms with Crippen LogP contribution >= 0.6 is 11.8 Å². The monoisotopic (exact) mass is 276 g/mol. The lowest BCUT2D eigenvalue weighted by molar-refractivity contribution is -0.133. The Bertz CT molecular complexity index is 609. The Morgan fingerprint density at radius 1 is 1.58 bits per heavy atom. The van der Waals surface area contributed by atoms with E-state index >= 15 is 0 Å². The number of hydrogen-bond acceptors (Lipinski definition) is 5. The highest BCUT2D eigenvalue weighted by molar-refractivity contribution is 7.99. The van der Waals surface area contributed by atoms with Crippen LogP contribution in [0.3, 0.4) is 0 Å². The molecule has 0 fully saturated rings. The molecule has 0 aliphatic heterocycles. The number of rotatable bonds is 5. The number of nitrogens with zero attached hydrogens (tertiary/aromatic N) is 3. The van der Waals surface area contributed by atoms with Crippen molar-refractivity contribution in [2.24, 2.45) is 4.99 Å². The van der Waals surface area contributed by atoms with Crippen molar-refractivity contribution in [2.75, 3.05) is 12.8 Å². The minimum absolute atomic E-state index is 0.0557. The third-order valence-corrected chi connectivity index (χ3v) is 3.06. The van der Waals surface area contributed by atoms with Crippen molar-refractivity contribution in [3.8, 4) is 11.4 Å². The third kappa shape index (κ3) is 3.65. The molecule has 1 heterocycles. The second kappa shape index (κ2) is 6.14. The summed E-state index contributed by atoms with van der Waals surface area (Å²) in [7, 11) is 1.71. The Morgan fingerprint density at radius 3 is 3.16 bits per heavy atom. The minimum Gasteiger partial charge on any atom is -0.481 e. The van der Waals surface area contributed by atoms with Gasteiger partial charge < -0.3 is 5.11 Å². The number of nitrogens with one attached hydrogen (secondary N) is 1. The Morgan fingerprint density at radius 2 is 2.42 bits per heavy atom. The van der Waals surface area contributed by atoms with E-state index in [-0.39, 0.29) is 5.75 Å². The maximum Gasteiger partial charge on any atom is 0.313 e. The fourth-order valence-corrected chi connectivity index (χ4v) is 2.00. The highest BCUT2D eigenvalue weighted by atomic mass is 32.2. The summed E-state index contributed by atoms with van der Waals surface area (Å²) in [6, 6.07) is 7.67. The molecule has 0 spiro atoms. The zero-order valence-corrected chi connectivity index (χ0v) is 11.0. The Labute approximate surface area is 114 Å². The van der Waals surface area contributed by atoms with Crippen LogP contribution in [0, 0.1) is 0 Å². The summed E-state index contributed by atoms with van der Waals surface area (Å²) in [4.78, 5) is 18.7. The van der Waals surface area contributed by atoms with Gasteiger partial charge in [-0.05, 0) is 11.6 Å². The predicted octanol–water partition coefficient (Wildman–Crippen LogP) is 1.70. The van der Waals surface area contributed by atoms with Gasteiger partial charge in [-0.25, -0.2) is 4.98 Å². The molecular formula is C12H12N4O2S. The van der Waals surface area contributed by atoms with Crippen LogP contribution in [0.2, 0.25) is 0 Å². The fraction of sp³-hybridized carbons (Fsp3) is 0.167. The number of carboxylic acids is 1. The topological polar surface area (TPSA) is 91.2 Å². The molecule has 0 amide bonds. The van der Waals surface area contributed by atoms with Crippen LogP contribution in [0.15, 0.2) is 34.4 Å². The average Bonchev–Trinajstić information content (AvgIpc) is 2.86. The SMILES string of the molecule is CN=Cc1cccc(-c2nc(SCC(=O)O)n[nH]2)c1. The Balaban J connectivity index is 2.17. The molecule has 1 aromatic heterocycles. The first-order valence-corrected chi connectivity index (χ1v) is 6.47. The number of aromatic amines is 1. The van der Waals surface area contributed by atoms with Crippen molar-refractivity contribution in [3.05, 3.63) is 29.8 Å². The second-order valence-electron chi connectivity index (χ2n) is 3.66. The summed E-state index contributed by atoms with van der Waals surface area (Å²) in [5, 5.41) is 15.8. The molecule has 2 aromatic rings. The molecule has 98 valence electrons. The number of benzene rings is 1. The predicted molar refractivity (Wildman–Crippen MR) is 73.7 cm³/mol. The smallest absolute Gasteiger partial charge is 0.313 e. The number of hydrogen-bond donors (Lipinski definition) is 2. The van der Waals surface area contributed by atoms with Gasteiger partial charge >= 0.3 is 5.97 Å². The maximum atomic E-state index is 10.5. The van der Waals surface area contributed by atoms with Gasteiger partial charge in [0.2, 0.25) is 5.16 Å². The number of aliphatic carboxylic acids is 1. The van der Waals surface area contributed by atoms with Gasteiger partial charge in [-0.15, -0.1) is 5.10 Å². The maximum absolute atomic E-state index is 10.5. The van der Waals surface area contributed by atoms with Crippen LogP contribution in [0.5, 0.6) is 0 Å². The van der Waals surface area contributed by atoms with Crippen LogP contribution in [0.1, 0.15) is 5.56 Å². The Hall–Kier alpha value is -2.15. The number of thioether (sulfide) groups is 1. The van der Waals surface area contributed by atoms with Gasteiger partial charge in [-0.1, -0.05) is 30.0 Å². The van der Waals surface area contributed by atoms with Gasteiger partial charge in [-0.3, -0.25) is 14.9 Å². The second-order valence-corrected chi connectivity index (χ2v) is 4.60. The van der Waals surface area contributed by atoms with Gasteiger partial charge in [-0.2, -0.15) is 0 Å². The molecule has 0 bridgehead atoms. The molecule has 6 nitrogen and oxygen atoms in total. The summed E-state index contributed by atoms with van der Waals surface area (Å²) in [6.45, 7) is 0. The molecule has 7 heteroatoms. The number of H-pyrrole nitrogens is 1. The summed E-state index contributed by atoms with van der Waals surface area (Å²) in [6.07, 6.45) is 1.75. The van der Waals surface area contributed by atoms with Gasteiger partial charge in [0.05, 0.1) is 5.75 Å². The molecule has 2 rings (SSSR count). The number of aromatic nitrogens is 3. The molecule has 0 saturated heterocycles. The lowest BCUT2D eigenvalue weighted by atomic mass is 10.1. The van der Waals surface area contributed by atoms with E-state index in [1.165, 1.54) is 0 Å². The summed E-state index contributed by atoms with van der Waals surface area (Å²) < 4.78 is 0. The molecule has 0 atom stereocenters. The van der Waals surface area contributed by atoms with E-state index in [2.05, 4.69) is 20.2 Å². The molecule has 2 N–H and O–H groups in total. The third-order valence-electron chi connectivity index (χ3n) is 2.23. The van der Waals surface area contributed by atoms with E-state index in [1.807, 2.05) is 24.3 Å². The van der Waals surface area contributed by atoms with E-state index in [0.29, 0.717) is 11.0 Å². The van der Waals surface area contributed by atoms with Crippen molar-refractivity contribution in [2.45, 2.75) is 5.16 Å². The zero-order chi connectivity index (χ0) is 13.7. The lowest BCUT2D eigenvalue weighted by Crippen LogP contribution is -1.97. The van der Waals surface area contributed by atoms with Crippen molar-refractivity contribution in [1.29, 1.82) is 0 Å². The molecule has 19 heavy (non-hydrogen) atoms. The van der Waals surface area contributed by atoms with E-state index in [1.54, 1.807) is 13.3 Å². The van der Waals surface area contributed by atoms with E-state index < -0.39 is 5.97 Å². The van der Waals surface area contributed by atoms with E-state index in [9.17, 15) is 4.79 Å². The summed E-state index contributed by atoms with van der Waals surface area (Å²) in [5.74, 6) is -0.337. The number of carboxylic acid groups (broad SMARTS) is 1. The molecule has 1 aromatic carbocycles. The lowest BCUT2D eigenvalue weighted by Gasteiger charge is -1.97. The Kier molecular flexibility index (Phi) is 4.30. The largest absolute Gasteiger partial charge is 0.481 e.